The molecule has 1 heterocycles. The zero-order chi connectivity index (χ0) is 12.3. The highest BCUT2D eigenvalue weighted by Gasteiger charge is 2.23. The quantitative estimate of drug-likeness (QED) is 0.872. The lowest BCUT2D eigenvalue weighted by atomic mass is 9.81. The second kappa shape index (κ2) is 5.50. The molecule has 1 aliphatic rings. The number of rotatable bonds is 3. The maximum atomic E-state index is 13.9. The standard InChI is InChI=1S/C14H20FNO/c1-10(11-5-7-16-8-6-11)13-4-3-12(17-2)9-14(13)15/h3-4,9-11,16H,5-8H2,1-2H3. The minimum absolute atomic E-state index is 0.143. The Labute approximate surface area is 102 Å². The molecule has 1 aromatic carbocycles. The summed E-state index contributed by atoms with van der Waals surface area (Å²) in [5, 5.41) is 3.34. The van der Waals surface area contributed by atoms with E-state index in [0.29, 0.717) is 11.7 Å². The van der Waals surface area contributed by atoms with Gasteiger partial charge in [-0.3, -0.25) is 0 Å². The summed E-state index contributed by atoms with van der Waals surface area (Å²) >= 11 is 0. The van der Waals surface area contributed by atoms with E-state index < -0.39 is 0 Å². The highest BCUT2D eigenvalue weighted by molar-refractivity contribution is 5.31. The molecule has 1 aromatic rings. The van der Waals surface area contributed by atoms with Gasteiger partial charge in [-0.1, -0.05) is 13.0 Å². The van der Waals surface area contributed by atoms with Crippen molar-refractivity contribution in [3.8, 4) is 5.75 Å². The lowest BCUT2D eigenvalue weighted by Crippen LogP contribution is -2.30. The topological polar surface area (TPSA) is 21.3 Å². The van der Waals surface area contributed by atoms with Crippen LogP contribution in [-0.4, -0.2) is 20.2 Å². The number of hydrogen-bond donors (Lipinski definition) is 1. The van der Waals surface area contributed by atoms with E-state index in [-0.39, 0.29) is 11.7 Å². The Morgan fingerprint density at radius 1 is 1.35 bits per heavy atom. The van der Waals surface area contributed by atoms with Crippen LogP contribution in [0.15, 0.2) is 18.2 Å². The number of nitrogens with one attached hydrogen (secondary N) is 1. The van der Waals surface area contributed by atoms with Crippen LogP contribution in [0.2, 0.25) is 0 Å². The normalized spacial score (nSPS) is 19.0. The summed E-state index contributed by atoms with van der Waals surface area (Å²) in [6, 6.07) is 5.18. The molecular weight excluding hydrogens is 217 g/mol. The van der Waals surface area contributed by atoms with Crippen LogP contribution in [0, 0.1) is 11.7 Å². The van der Waals surface area contributed by atoms with Crippen molar-refractivity contribution in [2.75, 3.05) is 20.2 Å². The number of benzene rings is 1. The number of halogens is 1. The predicted molar refractivity (Wildman–Crippen MR) is 67.0 cm³/mol. The molecule has 0 spiro atoms. The Kier molecular flexibility index (Phi) is 4.00. The van der Waals surface area contributed by atoms with E-state index in [0.717, 1.165) is 31.5 Å². The summed E-state index contributed by atoms with van der Waals surface area (Å²) in [6.45, 7) is 4.22. The highest BCUT2D eigenvalue weighted by atomic mass is 19.1. The van der Waals surface area contributed by atoms with Crippen LogP contribution in [0.25, 0.3) is 0 Å². The van der Waals surface area contributed by atoms with Crippen LogP contribution in [0.4, 0.5) is 4.39 Å². The Hall–Kier alpha value is -1.09. The Morgan fingerprint density at radius 2 is 2.06 bits per heavy atom. The zero-order valence-electron chi connectivity index (χ0n) is 10.5. The third kappa shape index (κ3) is 2.78. The molecule has 0 radical (unpaired) electrons. The molecule has 2 rings (SSSR count). The highest BCUT2D eigenvalue weighted by Crippen LogP contribution is 2.33. The smallest absolute Gasteiger partial charge is 0.130 e. The van der Waals surface area contributed by atoms with Gasteiger partial charge >= 0.3 is 0 Å². The van der Waals surface area contributed by atoms with Crippen molar-refractivity contribution in [3.05, 3.63) is 29.6 Å². The van der Waals surface area contributed by atoms with E-state index >= 15 is 0 Å². The monoisotopic (exact) mass is 237 g/mol. The molecule has 1 atom stereocenters. The maximum Gasteiger partial charge on any atom is 0.130 e. The van der Waals surface area contributed by atoms with Gasteiger partial charge in [0.25, 0.3) is 0 Å². The van der Waals surface area contributed by atoms with Gasteiger partial charge < -0.3 is 10.1 Å². The first-order valence-corrected chi connectivity index (χ1v) is 6.26. The van der Waals surface area contributed by atoms with Crippen LogP contribution in [0.1, 0.15) is 31.2 Å². The zero-order valence-corrected chi connectivity index (χ0v) is 10.5. The second-order valence-electron chi connectivity index (χ2n) is 4.76. The fraction of sp³-hybridized carbons (Fsp3) is 0.571. The average molecular weight is 237 g/mol. The van der Waals surface area contributed by atoms with Crippen LogP contribution in [0.5, 0.6) is 5.75 Å². The molecule has 1 aliphatic heterocycles. The summed E-state index contributed by atoms with van der Waals surface area (Å²) in [7, 11) is 1.56. The van der Waals surface area contributed by atoms with Gasteiger partial charge in [0, 0.05) is 6.07 Å². The predicted octanol–water partition coefficient (Wildman–Crippen LogP) is 2.94. The minimum Gasteiger partial charge on any atom is -0.497 e. The van der Waals surface area contributed by atoms with Gasteiger partial charge in [-0.2, -0.15) is 0 Å². The second-order valence-corrected chi connectivity index (χ2v) is 4.76. The third-order valence-corrected chi connectivity index (χ3v) is 3.79. The lowest BCUT2D eigenvalue weighted by molar-refractivity contribution is 0.324. The van der Waals surface area contributed by atoms with Crippen molar-refractivity contribution in [1.29, 1.82) is 0 Å². The van der Waals surface area contributed by atoms with Crippen molar-refractivity contribution < 1.29 is 9.13 Å². The fourth-order valence-corrected chi connectivity index (χ4v) is 2.60. The molecule has 0 amide bonds. The molecule has 94 valence electrons. The van der Waals surface area contributed by atoms with E-state index in [4.69, 9.17) is 4.74 Å². The van der Waals surface area contributed by atoms with Crippen molar-refractivity contribution in [2.24, 2.45) is 5.92 Å². The van der Waals surface area contributed by atoms with Crippen molar-refractivity contribution in [3.63, 3.8) is 0 Å². The van der Waals surface area contributed by atoms with E-state index in [9.17, 15) is 4.39 Å². The molecular formula is C14H20FNO. The largest absolute Gasteiger partial charge is 0.497 e. The average Bonchev–Trinajstić information content (AvgIpc) is 2.39. The van der Waals surface area contributed by atoms with Gasteiger partial charge in [-0.25, -0.2) is 4.39 Å². The maximum absolute atomic E-state index is 13.9. The van der Waals surface area contributed by atoms with Gasteiger partial charge in [-0.15, -0.1) is 0 Å². The summed E-state index contributed by atoms with van der Waals surface area (Å²) in [6.07, 6.45) is 2.26. The van der Waals surface area contributed by atoms with E-state index in [1.165, 1.54) is 6.07 Å². The molecule has 0 aromatic heterocycles. The van der Waals surface area contributed by atoms with Crippen LogP contribution >= 0.6 is 0 Å². The van der Waals surface area contributed by atoms with Crippen molar-refractivity contribution in [1.82, 2.24) is 5.32 Å². The van der Waals surface area contributed by atoms with E-state index in [1.54, 1.807) is 7.11 Å². The Morgan fingerprint density at radius 3 is 2.65 bits per heavy atom. The van der Waals surface area contributed by atoms with Gasteiger partial charge in [-0.05, 0) is 49.4 Å². The van der Waals surface area contributed by atoms with E-state index in [1.807, 2.05) is 12.1 Å². The molecule has 0 bridgehead atoms. The lowest BCUT2D eigenvalue weighted by Gasteiger charge is -2.28. The summed E-state index contributed by atoms with van der Waals surface area (Å²) < 4.78 is 19.0. The number of methoxy groups -OCH3 is 1. The number of ether oxygens (including phenoxy) is 1. The third-order valence-electron chi connectivity index (χ3n) is 3.79. The number of hydrogen-bond acceptors (Lipinski definition) is 2. The first-order chi connectivity index (χ1) is 8.22. The van der Waals surface area contributed by atoms with E-state index in [2.05, 4.69) is 12.2 Å². The fourth-order valence-electron chi connectivity index (χ4n) is 2.60. The molecule has 3 heteroatoms. The molecule has 2 nitrogen and oxygen atoms in total. The van der Waals surface area contributed by atoms with Crippen LogP contribution in [-0.2, 0) is 0 Å². The van der Waals surface area contributed by atoms with Crippen LogP contribution < -0.4 is 10.1 Å². The van der Waals surface area contributed by atoms with Gasteiger partial charge in [0.05, 0.1) is 7.11 Å². The summed E-state index contributed by atoms with van der Waals surface area (Å²) in [5.41, 5.74) is 0.817. The Bertz CT molecular complexity index is 374. The van der Waals surface area contributed by atoms with Gasteiger partial charge in [0.2, 0.25) is 0 Å². The first kappa shape index (κ1) is 12.4. The summed E-state index contributed by atoms with van der Waals surface area (Å²) in [5.74, 6) is 1.31. The minimum atomic E-state index is -0.143. The first-order valence-electron chi connectivity index (χ1n) is 6.26. The summed E-state index contributed by atoms with van der Waals surface area (Å²) in [4.78, 5) is 0. The van der Waals surface area contributed by atoms with Gasteiger partial charge in [0.15, 0.2) is 0 Å². The molecule has 1 fully saturated rings. The van der Waals surface area contributed by atoms with Crippen LogP contribution in [0.3, 0.4) is 0 Å². The molecule has 1 unspecified atom stereocenters. The number of piperidine rings is 1. The van der Waals surface area contributed by atoms with Gasteiger partial charge in [0.1, 0.15) is 11.6 Å². The molecule has 1 N–H and O–H groups in total. The molecule has 1 saturated heterocycles. The molecule has 0 aliphatic carbocycles. The molecule has 0 saturated carbocycles. The van der Waals surface area contributed by atoms with Crippen molar-refractivity contribution in [2.45, 2.75) is 25.7 Å². The Balaban J connectivity index is 2.15. The molecule has 17 heavy (non-hydrogen) atoms. The van der Waals surface area contributed by atoms with Crippen molar-refractivity contribution >= 4 is 0 Å². The SMILES string of the molecule is COc1ccc(C(C)C2CCNCC2)c(F)c1.